The minimum absolute atomic E-state index is 0.151. The van der Waals surface area contributed by atoms with E-state index in [0.29, 0.717) is 13.2 Å². The maximum atomic E-state index is 13.8. The molecule has 1 aromatic rings. The lowest BCUT2D eigenvalue weighted by Gasteiger charge is -2.25. The van der Waals surface area contributed by atoms with Crippen LogP contribution in [-0.2, 0) is 9.53 Å². The van der Waals surface area contributed by atoms with Crippen LogP contribution in [0.4, 0.5) is 17.6 Å². The SMILES string of the molecule is NC(=O)[C@H](CNC1CCOCC1)c1ccc(OC(F)(F)F)c(F)c1. The first-order chi connectivity index (χ1) is 11.3. The molecule has 9 heteroatoms. The Kier molecular flexibility index (Phi) is 6.00. The zero-order valence-electron chi connectivity index (χ0n) is 12.7. The molecule has 134 valence electrons. The number of primary amides is 1. The molecule has 2 rings (SSSR count). The normalized spacial score (nSPS) is 17.5. The molecule has 0 spiro atoms. The number of hydrogen-bond acceptors (Lipinski definition) is 4. The van der Waals surface area contributed by atoms with E-state index in [1.54, 1.807) is 0 Å². The number of ether oxygens (including phenoxy) is 2. The first kappa shape index (κ1) is 18.5. The van der Waals surface area contributed by atoms with E-state index >= 15 is 0 Å². The fourth-order valence-electron chi connectivity index (χ4n) is 2.51. The third-order valence-corrected chi connectivity index (χ3v) is 3.76. The Morgan fingerprint density at radius 1 is 1.38 bits per heavy atom. The van der Waals surface area contributed by atoms with Gasteiger partial charge in [-0.3, -0.25) is 4.79 Å². The highest BCUT2D eigenvalue weighted by Gasteiger charge is 2.32. The lowest BCUT2D eigenvalue weighted by molar-refractivity contribution is -0.275. The molecule has 1 heterocycles. The average molecular weight is 350 g/mol. The highest BCUT2D eigenvalue weighted by molar-refractivity contribution is 5.82. The van der Waals surface area contributed by atoms with Crippen LogP contribution in [0, 0.1) is 5.82 Å². The smallest absolute Gasteiger partial charge is 0.403 e. The molecule has 0 saturated carbocycles. The summed E-state index contributed by atoms with van der Waals surface area (Å²) in [6.45, 7) is 1.38. The van der Waals surface area contributed by atoms with E-state index in [0.717, 1.165) is 25.0 Å². The third-order valence-electron chi connectivity index (χ3n) is 3.76. The van der Waals surface area contributed by atoms with Crippen molar-refractivity contribution in [2.45, 2.75) is 31.2 Å². The molecule has 0 aromatic heterocycles. The first-order valence-corrected chi connectivity index (χ1v) is 7.42. The van der Waals surface area contributed by atoms with Crippen molar-refractivity contribution < 1.29 is 31.8 Å². The summed E-state index contributed by atoms with van der Waals surface area (Å²) in [5.74, 6) is -3.71. The van der Waals surface area contributed by atoms with Crippen molar-refractivity contribution in [1.82, 2.24) is 5.32 Å². The molecule has 24 heavy (non-hydrogen) atoms. The van der Waals surface area contributed by atoms with Gasteiger partial charge < -0.3 is 20.5 Å². The van der Waals surface area contributed by atoms with E-state index < -0.39 is 29.8 Å². The monoisotopic (exact) mass is 350 g/mol. The molecule has 0 aliphatic carbocycles. The summed E-state index contributed by atoms with van der Waals surface area (Å²) in [6.07, 6.45) is -3.44. The van der Waals surface area contributed by atoms with Crippen molar-refractivity contribution in [3.8, 4) is 5.75 Å². The zero-order valence-corrected chi connectivity index (χ0v) is 12.7. The quantitative estimate of drug-likeness (QED) is 0.771. The van der Waals surface area contributed by atoms with E-state index in [9.17, 15) is 22.4 Å². The van der Waals surface area contributed by atoms with E-state index in [2.05, 4.69) is 10.1 Å². The maximum Gasteiger partial charge on any atom is 0.573 e. The van der Waals surface area contributed by atoms with Crippen molar-refractivity contribution in [2.75, 3.05) is 19.8 Å². The van der Waals surface area contributed by atoms with Crippen LogP contribution >= 0.6 is 0 Å². The number of halogens is 4. The van der Waals surface area contributed by atoms with Crippen LogP contribution in [0.15, 0.2) is 18.2 Å². The number of alkyl halides is 3. The molecule has 0 bridgehead atoms. The van der Waals surface area contributed by atoms with Crippen LogP contribution in [0.1, 0.15) is 24.3 Å². The molecule has 1 saturated heterocycles. The highest BCUT2D eigenvalue weighted by atomic mass is 19.4. The second-order valence-electron chi connectivity index (χ2n) is 5.49. The zero-order chi connectivity index (χ0) is 17.7. The molecule has 1 aromatic carbocycles. The molecule has 0 unspecified atom stereocenters. The molecule has 1 aliphatic heterocycles. The van der Waals surface area contributed by atoms with Gasteiger partial charge >= 0.3 is 6.36 Å². The summed E-state index contributed by atoms with van der Waals surface area (Å²) in [6, 6.07) is 3.02. The number of carbonyl (C=O) groups is 1. The topological polar surface area (TPSA) is 73.6 Å². The Hall–Kier alpha value is -1.87. The van der Waals surface area contributed by atoms with Crippen molar-refractivity contribution in [2.24, 2.45) is 5.73 Å². The molecule has 1 atom stereocenters. The van der Waals surface area contributed by atoms with Gasteiger partial charge in [0.25, 0.3) is 0 Å². The van der Waals surface area contributed by atoms with E-state index in [4.69, 9.17) is 10.5 Å². The third kappa shape index (κ3) is 5.34. The standard InChI is InChI=1S/C15H18F4N2O3/c16-12-7-9(1-2-13(12)24-15(17,18)19)11(14(20)22)8-21-10-3-5-23-6-4-10/h1-2,7,10-11,21H,3-6,8H2,(H2,20,22)/t11-/m1/s1. The van der Waals surface area contributed by atoms with Gasteiger partial charge in [-0.05, 0) is 30.5 Å². The molecular weight excluding hydrogens is 332 g/mol. The lowest BCUT2D eigenvalue weighted by atomic mass is 9.97. The lowest BCUT2D eigenvalue weighted by Crippen LogP contribution is -2.40. The maximum absolute atomic E-state index is 13.8. The fourth-order valence-corrected chi connectivity index (χ4v) is 2.51. The molecular formula is C15H18F4N2O3. The number of carbonyl (C=O) groups excluding carboxylic acids is 1. The Balaban J connectivity index is 2.07. The van der Waals surface area contributed by atoms with Gasteiger partial charge in [-0.25, -0.2) is 4.39 Å². The number of rotatable bonds is 6. The number of benzene rings is 1. The Morgan fingerprint density at radius 2 is 2.04 bits per heavy atom. The van der Waals surface area contributed by atoms with Crippen LogP contribution in [0.3, 0.4) is 0 Å². The van der Waals surface area contributed by atoms with E-state index in [1.165, 1.54) is 6.07 Å². The molecule has 5 nitrogen and oxygen atoms in total. The Labute approximate surface area is 136 Å². The van der Waals surface area contributed by atoms with Crippen LogP contribution in [0.2, 0.25) is 0 Å². The van der Waals surface area contributed by atoms with E-state index in [1.807, 2.05) is 0 Å². The minimum Gasteiger partial charge on any atom is -0.403 e. The number of nitrogens with two attached hydrogens (primary N) is 1. The molecule has 1 amide bonds. The number of nitrogens with one attached hydrogen (secondary N) is 1. The van der Waals surface area contributed by atoms with Crippen molar-refractivity contribution in [3.05, 3.63) is 29.6 Å². The van der Waals surface area contributed by atoms with Crippen molar-refractivity contribution >= 4 is 5.91 Å². The van der Waals surface area contributed by atoms with Gasteiger partial charge in [-0.1, -0.05) is 6.07 Å². The predicted octanol–water partition coefficient (Wildman–Crippen LogP) is 2.06. The summed E-state index contributed by atoms with van der Waals surface area (Å²) in [5.41, 5.74) is 5.53. The van der Waals surface area contributed by atoms with Crippen LogP contribution in [0.25, 0.3) is 0 Å². The van der Waals surface area contributed by atoms with Crippen molar-refractivity contribution in [1.29, 1.82) is 0 Å². The van der Waals surface area contributed by atoms with Gasteiger partial charge in [0.1, 0.15) is 0 Å². The second kappa shape index (κ2) is 7.80. The summed E-state index contributed by atoms with van der Waals surface area (Å²) in [5, 5.41) is 3.16. The van der Waals surface area contributed by atoms with Gasteiger partial charge in [0.15, 0.2) is 11.6 Å². The molecule has 3 N–H and O–H groups in total. The first-order valence-electron chi connectivity index (χ1n) is 7.42. The molecule has 1 aliphatic rings. The summed E-state index contributed by atoms with van der Waals surface area (Å²) >= 11 is 0. The Morgan fingerprint density at radius 3 is 2.58 bits per heavy atom. The second-order valence-corrected chi connectivity index (χ2v) is 5.49. The van der Waals surface area contributed by atoms with Crippen LogP contribution in [0.5, 0.6) is 5.75 Å². The van der Waals surface area contributed by atoms with Gasteiger partial charge in [0.05, 0.1) is 5.92 Å². The van der Waals surface area contributed by atoms with Crippen LogP contribution in [-0.4, -0.2) is 38.1 Å². The summed E-state index contributed by atoms with van der Waals surface area (Å²) < 4.78 is 59.0. The van der Waals surface area contributed by atoms with Gasteiger partial charge in [0, 0.05) is 25.8 Å². The number of hydrogen-bond donors (Lipinski definition) is 2. The van der Waals surface area contributed by atoms with Gasteiger partial charge in [0.2, 0.25) is 5.91 Å². The highest BCUT2D eigenvalue weighted by Crippen LogP contribution is 2.28. The molecule has 1 fully saturated rings. The minimum atomic E-state index is -4.99. The van der Waals surface area contributed by atoms with Crippen molar-refractivity contribution in [3.63, 3.8) is 0 Å². The molecule has 0 radical (unpaired) electrons. The van der Waals surface area contributed by atoms with Crippen LogP contribution < -0.4 is 15.8 Å². The van der Waals surface area contributed by atoms with E-state index in [-0.39, 0.29) is 18.2 Å². The number of amides is 1. The summed E-state index contributed by atoms with van der Waals surface area (Å²) in [7, 11) is 0. The largest absolute Gasteiger partial charge is 0.573 e. The average Bonchev–Trinajstić information content (AvgIpc) is 2.49. The fraction of sp³-hybridized carbons (Fsp3) is 0.533. The van der Waals surface area contributed by atoms with Gasteiger partial charge in [-0.2, -0.15) is 0 Å². The predicted molar refractivity (Wildman–Crippen MR) is 76.9 cm³/mol. The Bertz CT molecular complexity index is 574. The van der Waals surface area contributed by atoms with Gasteiger partial charge in [-0.15, -0.1) is 13.2 Å². The summed E-state index contributed by atoms with van der Waals surface area (Å²) in [4.78, 5) is 11.6.